The molecule has 8 heteroatoms. The molecule has 0 heterocycles. The van der Waals surface area contributed by atoms with Gasteiger partial charge in [0, 0.05) is 0 Å². The van der Waals surface area contributed by atoms with Crippen LogP contribution in [0, 0.1) is 27.7 Å². The minimum absolute atomic E-state index is 0.481. The van der Waals surface area contributed by atoms with E-state index in [-0.39, 0.29) is 0 Å². The molecule has 0 bridgehead atoms. The minimum atomic E-state index is 0.481. The highest BCUT2D eigenvalue weighted by atomic mass is 16.1. The van der Waals surface area contributed by atoms with Crippen molar-refractivity contribution in [1.29, 1.82) is 0 Å². The molecule has 0 fully saturated rings. The zero-order valence-electron chi connectivity index (χ0n) is 15.7. The molecular formula is C20H16N4O4. The van der Waals surface area contributed by atoms with Crippen LogP contribution in [0.5, 0.6) is 0 Å². The van der Waals surface area contributed by atoms with Crippen molar-refractivity contribution in [2.75, 3.05) is 0 Å². The van der Waals surface area contributed by atoms with E-state index in [1.54, 1.807) is 24.3 Å². The molecule has 0 aliphatic carbocycles. The maximum absolute atomic E-state index is 10.3. The molecule has 8 nitrogen and oxygen atoms in total. The van der Waals surface area contributed by atoms with Crippen LogP contribution in [0.3, 0.4) is 0 Å². The van der Waals surface area contributed by atoms with Gasteiger partial charge in [0.15, 0.2) is 0 Å². The van der Waals surface area contributed by atoms with Crippen molar-refractivity contribution in [2.24, 2.45) is 20.0 Å². The third kappa shape index (κ3) is 5.48. The van der Waals surface area contributed by atoms with Crippen LogP contribution >= 0.6 is 0 Å². The Morgan fingerprint density at radius 2 is 0.750 bits per heavy atom. The van der Waals surface area contributed by atoms with Gasteiger partial charge in [-0.15, -0.1) is 0 Å². The molecule has 0 amide bonds. The number of hydrogen-bond donors (Lipinski definition) is 0. The van der Waals surface area contributed by atoms with Crippen molar-refractivity contribution in [3.8, 4) is 0 Å². The largest absolute Gasteiger partial charge is 0.240 e. The van der Waals surface area contributed by atoms with E-state index in [2.05, 4.69) is 20.0 Å². The first-order valence-electron chi connectivity index (χ1n) is 7.93. The standard InChI is InChI=1S/C12H12N2O2.C8H4N2O2/c1-7-8(2)12(14-6-16)10(4)9(3)11(7)13-5-15;11-5-9-7-1-2-8(4-3-7)10-6-12/h1-4H3;1-4H. The van der Waals surface area contributed by atoms with E-state index >= 15 is 0 Å². The Morgan fingerprint density at radius 3 is 0.964 bits per heavy atom. The molecule has 0 radical (unpaired) electrons. The Bertz CT molecular complexity index is 949. The van der Waals surface area contributed by atoms with E-state index in [1.165, 1.54) is 24.3 Å². The van der Waals surface area contributed by atoms with Crippen molar-refractivity contribution in [3.63, 3.8) is 0 Å². The summed E-state index contributed by atoms with van der Waals surface area (Å²) in [6, 6.07) is 6.23. The van der Waals surface area contributed by atoms with Gasteiger partial charge in [-0.05, 0) is 74.2 Å². The number of benzene rings is 2. The Balaban J connectivity index is 0.000000292. The second-order valence-electron chi connectivity index (χ2n) is 5.53. The predicted molar refractivity (Wildman–Crippen MR) is 103 cm³/mol. The Labute approximate surface area is 161 Å². The van der Waals surface area contributed by atoms with Gasteiger partial charge in [0.1, 0.15) is 0 Å². The third-order valence-corrected chi connectivity index (χ3v) is 4.06. The van der Waals surface area contributed by atoms with E-state index in [9.17, 15) is 19.2 Å². The number of hydrogen-bond acceptors (Lipinski definition) is 8. The highest BCUT2D eigenvalue weighted by Gasteiger charge is 2.13. The average Bonchev–Trinajstić information content (AvgIpc) is 2.69. The van der Waals surface area contributed by atoms with Crippen molar-refractivity contribution in [3.05, 3.63) is 46.5 Å². The number of aliphatic imine (C=N–C) groups is 4. The highest BCUT2D eigenvalue weighted by Crippen LogP contribution is 2.36. The normalized spacial score (nSPS) is 8.71. The lowest BCUT2D eigenvalue weighted by molar-refractivity contribution is 0.564. The summed E-state index contributed by atoms with van der Waals surface area (Å²) in [4.78, 5) is 54.4. The molecule has 0 saturated heterocycles. The first-order valence-corrected chi connectivity index (χ1v) is 7.93. The predicted octanol–water partition coefficient (Wildman–Crippen LogP) is 4.48. The molecule has 0 aliphatic heterocycles. The van der Waals surface area contributed by atoms with Gasteiger partial charge in [-0.3, -0.25) is 0 Å². The molecule has 2 rings (SSSR count). The Morgan fingerprint density at radius 1 is 0.500 bits per heavy atom. The van der Waals surface area contributed by atoms with E-state index in [0.29, 0.717) is 22.7 Å². The summed E-state index contributed by atoms with van der Waals surface area (Å²) < 4.78 is 0. The average molecular weight is 376 g/mol. The first kappa shape index (κ1) is 22.0. The highest BCUT2D eigenvalue weighted by molar-refractivity contribution is 5.72. The lowest BCUT2D eigenvalue weighted by atomic mass is 9.96. The summed E-state index contributed by atoms with van der Waals surface area (Å²) in [5.41, 5.74) is 5.51. The van der Waals surface area contributed by atoms with Crippen LogP contribution in [0.4, 0.5) is 22.7 Å². The number of isocyanates is 4. The lowest BCUT2D eigenvalue weighted by Gasteiger charge is -2.13. The zero-order chi connectivity index (χ0) is 21.1. The van der Waals surface area contributed by atoms with Crippen LogP contribution in [-0.2, 0) is 19.2 Å². The molecular weight excluding hydrogens is 360 g/mol. The third-order valence-electron chi connectivity index (χ3n) is 4.06. The van der Waals surface area contributed by atoms with Crippen molar-refractivity contribution < 1.29 is 19.2 Å². The molecule has 0 unspecified atom stereocenters. The van der Waals surface area contributed by atoms with Gasteiger partial charge in [0.05, 0.1) is 22.7 Å². The number of carbonyl (C=O) groups excluding carboxylic acids is 4. The SMILES string of the molecule is Cc1c(C)c(N=C=O)c(C)c(C)c1N=C=O.O=C=Nc1ccc(N=C=O)cc1. The van der Waals surface area contributed by atoms with Crippen LogP contribution in [0.2, 0.25) is 0 Å². The van der Waals surface area contributed by atoms with Crippen LogP contribution in [-0.4, -0.2) is 24.3 Å². The van der Waals surface area contributed by atoms with E-state index in [1.807, 2.05) is 27.7 Å². The molecule has 140 valence electrons. The van der Waals surface area contributed by atoms with Gasteiger partial charge < -0.3 is 0 Å². The Kier molecular flexibility index (Phi) is 8.52. The van der Waals surface area contributed by atoms with Crippen LogP contribution in [0.15, 0.2) is 44.2 Å². The van der Waals surface area contributed by atoms with Gasteiger partial charge in [-0.25, -0.2) is 19.2 Å². The molecule has 0 spiro atoms. The van der Waals surface area contributed by atoms with Crippen LogP contribution in [0.25, 0.3) is 0 Å². The van der Waals surface area contributed by atoms with E-state index in [4.69, 9.17) is 0 Å². The molecule has 0 atom stereocenters. The quantitative estimate of drug-likeness (QED) is 0.577. The molecule has 2 aromatic rings. The van der Waals surface area contributed by atoms with Crippen LogP contribution < -0.4 is 0 Å². The smallest absolute Gasteiger partial charge is 0.211 e. The fourth-order valence-electron chi connectivity index (χ4n) is 2.41. The molecule has 28 heavy (non-hydrogen) atoms. The molecule has 0 saturated carbocycles. The van der Waals surface area contributed by atoms with Crippen molar-refractivity contribution >= 4 is 47.1 Å². The second-order valence-corrected chi connectivity index (χ2v) is 5.53. The Hall–Kier alpha value is -4.04. The topological polar surface area (TPSA) is 118 Å². The van der Waals surface area contributed by atoms with E-state index < -0.39 is 0 Å². The van der Waals surface area contributed by atoms with Crippen molar-refractivity contribution in [2.45, 2.75) is 27.7 Å². The number of nitrogens with zero attached hydrogens (tertiary/aromatic N) is 4. The first-order chi connectivity index (χ1) is 13.4. The molecule has 0 N–H and O–H groups in total. The van der Waals surface area contributed by atoms with E-state index in [0.717, 1.165) is 22.3 Å². The summed E-state index contributed by atoms with van der Waals surface area (Å²) in [7, 11) is 0. The summed E-state index contributed by atoms with van der Waals surface area (Å²) in [6.07, 6.45) is 5.88. The van der Waals surface area contributed by atoms with Gasteiger partial charge in [-0.1, -0.05) is 0 Å². The summed E-state index contributed by atoms with van der Waals surface area (Å²) in [5.74, 6) is 0. The monoisotopic (exact) mass is 376 g/mol. The number of rotatable bonds is 4. The lowest BCUT2D eigenvalue weighted by Crippen LogP contribution is -1.92. The second kappa shape index (κ2) is 10.8. The van der Waals surface area contributed by atoms with Gasteiger partial charge in [-0.2, -0.15) is 20.0 Å². The fourth-order valence-corrected chi connectivity index (χ4v) is 2.41. The summed E-state index contributed by atoms with van der Waals surface area (Å²) in [5, 5.41) is 0. The van der Waals surface area contributed by atoms with Crippen molar-refractivity contribution in [1.82, 2.24) is 0 Å². The van der Waals surface area contributed by atoms with Gasteiger partial charge >= 0.3 is 0 Å². The maximum atomic E-state index is 10.3. The molecule has 2 aromatic carbocycles. The summed E-state index contributed by atoms with van der Waals surface area (Å²) >= 11 is 0. The van der Waals surface area contributed by atoms with Gasteiger partial charge in [0.25, 0.3) is 0 Å². The minimum Gasteiger partial charge on any atom is -0.211 e. The van der Waals surface area contributed by atoms with Gasteiger partial charge in [0.2, 0.25) is 24.3 Å². The molecule has 0 aliphatic rings. The summed E-state index contributed by atoms with van der Waals surface area (Å²) in [6.45, 7) is 7.34. The zero-order valence-corrected chi connectivity index (χ0v) is 15.7. The van der Waals surface area contributed by atoms with Crippen LogP contribution in [0.1, 0.15) is 22.3 Å². The maximum Gasteiger partial charge on any atom is 0.240 e. The molecule has 0 aromatic heterocycles. The fraction of sp³-hybridized carbons (Fsp3) is 0.200.